The van der Waals surface area contributed by atoms with Gasteiger partial charge in [0.2, 0.25) is 5.60 Å². The van der Waals surface area contributed by atoms with Crippen molar-refractivity contribution in [2.75, 3.05) is 13.7 Å². The predicted molar refractivity (Wildman–Crippen MR) is 211 cm³/mol. The van der Waals surface area contributed by atoms with Crippen LogP contribution in [0.15, 0.2) is 41.5 Å². The molecule has 0 aromatic heterocycles. The summed E-state index contributed by atoms with van der Waals surface area (Å²) in [4.78, 5) is 94.4. The van der Waals surface area contributed by atoms with Crippen LogP contribution in [-0.2, 0) is 52.3 Å². The van der Waals surface area contributed by atoms with Gasteiger partial charge in [0.15, 0.2) is 23.6 Å². The minimum absolute atomic E-state index is 0.0161. The van der Waals surface area contributed by atoms with E-state index in [0.29, 0.717) is 0 Å². The van der Waals surface area contributed by atoms with Gasteiger partial charge in [0.1, 0.15) is 23.9 Å². The second-order valence-electron chi connectivity index (χ2n) is 18.8. The van der Waals surface area contributed by atoms with Gasteiger partial charge in [0.25, 0.3) is 0 Å². The Morgan fingerprint density at radius 1 is 0.968 bits per heavy atom. The molecule has 2 saturated carbocycles. The third-order valence-electron chi connectivity index (χ3n) is 13.2. The molecule has 2 unspecified atom stereocenters. The average Bonchev–Trinajstić information content (AvgIpc) is 3.17. The van der Waals surface area contributed by atoms with Crippen molar-refractivity contribution < 1.29 is 87.1 Å². The lowest BCUT2D eigenvalue weighted by atomic mass is 9.44. The Kier molecular flexibility index (Phi) is 12.8. The van der Waals surface area contributed by atoms with Crippen molar-refractivity contribution in [1.82, 2.24) is 5.32 Å². The third-order valence-corrected chi connectivity index (χ3v) is 13.2. The number of carboxylic acid groups (broad SMARTS) is 1. The van der Waals surface area contributed by atoms with E-state index in [1.807, 2.05) is 0 Å². The summed E-state index contributed by atoms with van der Waals surface area (Å²) in [5, 5.41) is 49.0. The Morgan fingerprint density at radius 3 is 2.10 bits per heavy atom. The number of esters is 3. The molecule has 5 N–H and O–H groups in total. The fraction of sp³-hybridized carbons (Fsp3) is 0.651. The summed E-state index contributed by atoms with van der Waals surface area (Å²) in [6, 6.07) is 6.17. The fourth-order valence-electron chi connectivity index (χ4n) is 9.49. The molecule has 0 radical (unpaired) electrons. The molecular weight excluding hydrogens is 818 g/mol. The molecule has 2 bridgehead atoms. The van der Waals surface area contributed by atoms with Gasteiger partial charge in [-0.25, -0.2) is 24.0 Å². The number of aliphatic carboxylic acids is 1. The van der Waals surface area contributed by atoms with Gasteiger partial charge in [-0.1, -0.05) is 52.8 Å². The third kappa shape index (κ3) is 8.03. The summed E-state index contributed by atoms with van der Waals surface area (Å²) in [7, 11) is 1.04. The first-order chi connectivity index (χ1) is 28.5. The van der Waals surface area contributed by atoms with Crippen LogP contribution in [0.4, 0.5) is 9.59 Å². The molecule has 62 heavy (non-hydrogen) atoms. The Balaban J connectivity index is 1.72. The Bertz CT molecular complexity index is 2020. The second kappa shape index (κ2) is 16.5. The van der Waals surface area contributed by atoms with Crippen LogP contribution in [0.3, 0.4) is 0 Å². The predicted octanol–water partition coefficient (Wildman–Crippen LogP) is 2.79. The lowest BCUT2D eigenvalue weighted by Gasteiger charge is -2.67. The number of benzene rings is 1. The van der Waals surface area contributed by atoms with Crippen molar-refractivity contribution in [2.45, 2.75) is 142 Å². The van der Waals surface area contributed by atoms with Gasteiger partial charge in [-0.05, 0) is 56.4 Å². The maximum atomic E-state index is 15.5. The molecule has 4 aliphatic rings. The summed E-state index contributed by atoms with van der Waals surface area (Å²) in [5.74, 6) is -7.36. The Labute approximate surface area is 358 Å². The van der Waals surface area contributed by atoms with E-state index in [1.165, 1.54) is 39.8 Å². The van der Waals surface area contributed by atoms with Crippen molar-refractivity contribution in [1.29, 1.82) is 0 Å². The molecule has 1 aromatic carbocycles. The van der Waals surface area contributed by atoms with Crippen molar-refractivity contribution >= 4 is 41.9 Å². The number of carboxylic acids is 1. The topological polar surface area (TPSA) is 277 Å². The summed E-state index contributed by atoms with van der Waals surface area (Å²) in [5.41, 5.74) is -11.4. The molecule has 1 heterocycles. The standard InChI is InChI=1S/C43H57NO18/c1-20-23(59-34(50)27(47)30(38(3,4)5)44-36(53)61-40(8,9)35(51)52)18-43(55)32(60-33(49)22-15-13-12-14-16-22)29-41(10,31(48)28(58-21(2)45)26(20)39(43,6)7)24(46)17-25-42(29,19-57-25)62-37(54)56-11/h12-16,23-25,27-30,32,46-47,55H,17-19H2,1-11H3,(H,44,53)(H,51,52)/t23-,24?,25+,27+,28+,29?,30+,32-,41+,42-,43+/m0/s1. The minimum Gasteiger partial charge on any atom is -0.478 e. The number of ether oxygens (including phenoxy) is 7. The van der Waals surface area contributed by atoms with Crippen molar-refractivity contribution in [3.05, 3.63) is 47.0 Å². The van der Waals surface area contributed by atoms with Crippen LogP contribution in [0, 0.1) is 22.2 Å². The van der Waals surface area contributed by atoms with Crippen LogP contribution < -0.4 is 5.32 Å². The summed E-state index contributed by atoms with van der Waals surface area (Å²) in [6.45, 7) is 13.4. The number of Topliss-reactive ketones (excluding diaryl/α,β-unsaturated/α-hetero) is 1. The zero-order chi connectivity index (χ0) is 46.7. The van der Waals surface area contributed by atoms with Crippen LogP contribution in [0.2, 0.25) is 0 Å². The van der Waals surface area contributed by atoms with Gasteiger partial charge in [0.05, 0.1) is 42.8 Å². The van der Waals surface area contributed by atoms with E-state index in [0.717, 1.165) is 27.9 Å². The van der Waals surface area contributed by atoms with E-state index in [2.05, 4.69) is 5.32 Å². The van der Waals surface area contributed by atoms with E-state index < -0.39 is 137 Å². The maximum absolute atomic E-state index is 15.5. The first-order valence-corrected chi connectivity index (χ1v) is 20.1. The molecule has 5 rings (SSSR count). The number of aliphatic hydroxyl groups excluding tert-OH is 2. The van der Waals surface area contributed by atoms with Crippen LogP contribution in [-0.4, -0.2) is 136 Å². The molecule has 3 aliphatic carbocycles. The highest BCUT2D eigenvalue weighted by Gasteiger charge is 2.78. The number of alkyl carbamates (subject to hydrolysis) is 1. The molecular formula is C43H57NO18. The number of hydrogen-bond acceptors (Lipinski definition) is 17. The average molecular weight is 876 g/mol. The van der Waals surface area contributed by atoms with Gasteiger partial charge in [0, 0.05) is 25.2 Å². The molecule has 1 saturated heterocycles. The van der Waals surface area contributed by atoms with Gasteiger partial charge in [-0.15, -0.1) is 0 Å². The van der Waals surface area contributed by atoms with E-state index in [1.54, 1.807) is 39.0 Å². The van der Waals surface area contributed by atoms with Crippen molar-refractivity contribution in [3.8, 4) is 0 Å². The smallest absolute Gasteiger partial charge is 0.478 e. The zero-order valence-corrected chi connectivity index (χ0v) is 36.6. The molecule has 342 valence electrons. The molecule has 1 aromatic rings. The van der Waals surface area contributed by atoms with E-state index >= 15 is 4.79 Å². The van der Waals surface area contributed by atoms with Crippen molar-refractivity contribution in [2.24, 2.45) is 22.2 Å². The fourth-order valence-corrected chi connectivity index (χ4v) is 9.49. The van der Waals surface area contributed by atoms with E-state index in [4.69, 9.17) is 33.2 Å². The Morgan fingerprint density at radius 2 is 1.58 bits per heavy atom. The van der Waals surface area contributed by atoms with Gasteiger partial charge >= 0.3 is 36.1 Å². The number of fused-ring (bicyclic) bond motifs is 5. The maximum Gasteiger partial charge on any atom is 0.508 e. The van der Waals surface area contributed by atoms with Crippen LogP contribution in [0.1, 0.15) is 92.4 Å². The normalized spacial score (nSPS) is 32.4. The first kappa shape index (κ1) is 47.9. The quantitative estimate of drug-likeness (QED) is 0.128. The molecule has 19 nitrogen and oxygen atoms in total. The second-order valence-corrected chi connectivity index (χ2v) is 18.8. The summed E-state index contributed by atoms with van der Waals surface area (Å²) in [6.07, 6.45) is -13.7. The summed E-state index contributed by atoms with van der Waals surface area (Å²) < 4.78 is 39.8. The molecule has 19 heteroatoms. The highest BCUT2D eigenvalue weighted by atomic mass is 16.8. The largest absolute Gasteiger partial charge is 0.508 e. The van der Waals surface area contributed by atoms with Crippen molar-refractivity contribution in [3.63, 3.8) is 0 Å². The van der Waals surface area contributed by atoms with E-state index in [9.17, 15) is 49.2 Å². The number of nitrogens with one attached hydrogen (secondary N) is 1. The molecule has 1 aliphatic heterocycles. The van der Waals surface area contributed by atoms with Gasteiger partial charge < -0.3 is 58.9 Å². The van der Waals surface area contributed by atoms with Crippen LogP contribution >= 0.6 is 0 Å². The number of rotatable bonds is 10. The number of carbonyl (C=O) groups excluding carboxylic acids is 6. The lowest BCUT2D eigenvalue weighted by Crippen LogP contribution is -2.82. The zero-order valence-electron chi connectivity index (χ0n) is 36.6. The highest BCUT2D eigenvalue weighted by molar-refractivity contribution is 5.95. The number of ketones is 1. The van der Waals surface area contributed by atoms with Crippen LogP contribution in [0.5, 0.6) is 0 Å². The monoisotopic (exact) mass is 875 g/mol. The number of carbonyl (C=O) groups is 7. The molecule has 3 fully saturated rings. The summed E-state index contributed by atoms with van der Waals surface area (Å²) >= 11 is 0. The molecule has 1 amide bonds. The van der Waals surface area contributed by atoms with E-state index in [-0.39, 0.29) is 23.1 Å². The number of amides is 1. The van der Waals surface area contributed by atoms with Gasteiger partial charge in [-0.3, -0.25) is 9.59 Å². The highest BCUT2D eigenvalue weighted by Crippen LogP contribution is 2.64. The molecule has 11 atom stereocenters. The molecule has 0 spiro atoms. The number of aliphatic hydroxyl groups is 3. The minimum atomic E-state index is -2.48. The lowest BCUT2D eigenvalue weighted by molar-refractivity contribution is -0.344. The Hall–Kier alpha value is -5.11. The van der Waals surface area contributed by atoms with Crippen LogP contribution in [0.25, 0.3) is 0 Å². The number of methoxy groups -OCH3 is 1. The first-order valence-electron chi connectivity index (χ1n) is 20.1. The van der Waals surface area contributed by atoms with Gasteiger partial charge in [-0.2, -0.15) is 0 Å². The SMILES string of the molecule is COC(=O)O[C@@]12CO[C@@H]1CC(O)[C@@]1(C)C(=O)[C@H](OC(C)=O)C3=C(C)[C@@H](OC(=O)[C@H](O)[C@@H](NC(=O)OC(C)(C)C(=O)O)C(C)(C)C)C[C@@](O)([C@@H](OC(=O)c4ccccc4)C12)C3(C)C. The number of hydrogen-bond donors (Lipinski definition) is 5.